The van der Waals surface area contributed by atoms with Gasteiger partial charge in [-0.2, -0.15) is 0 Å². The molecule has 336 valence electrons. The van der Waals surface area contributed by atoms with Crippen LogP contribution >= 0.6 is 0 Å². The number of pyridine rings is 1. The van der Waals surface area contributed by atoms with Crippen LogP contribution in [-0.4, -0.2) is 99.2 Å². The summed E-state index contributed by atoms with van der Waals surface area (Å²) in [5.41, 5.74) is 2.20. The number of hydrogen-bond acceptors (Lipinski definition) is 12. The number of likely N-dealkylation sites (tertiary alicyclic amines) is 1. The third-order valence-electron chi connectivity index (χ3n) is 12.4. The minimum absolute atomic E-state index is 0.0385. The highest BCUT2D eigenvalue weighted by atomic mass is 19.1. The summed E-state index contributed by atoms with van der Waals surface area (Å²) >= 11 is 0. The molecule has 1 unspecified atom stereocenters. The van der Waals surface area contributed by atoms with Gasteiger partial charge in [0.25, 0.3) is 11.8 Å². The van der Waals surface area contributed by atoms with Crippen LogP contribution in [0.2, 0.25) is 0 Å². The SMILES string of the molecule is CC(C)N1CCOc2c(F)cc(-c3nc(Nc4ccc(C5CCN(C(=O)CCCCCCCCOc6cccc7c6C(=O)N(C6CCC(=O)NC6=O)C7=O)CC5)cn4)ncc3F)cc21. The lowest BCUT2D eigenvalue weighted by Crippen LogP contribution is -2.54. The molecule has 0 radical (unpaired) electrons. The number of carbonyl (C=O) groups excluding carboxylic acids is 5. The van der Waals surface area contributed by atoms with Crippen LogP contribution < -0.4 is 25.0 Å². The molecule has 2 aromatic heterocycles. The van der Waals surface area contributed by atoms with E-state index in [0.717, 1.165) is 68.0 Å². The molecule has 6 heterocycles. The normalized spacial score (nSPS) is 17.6. The lowest BCUT2D eigenvalue weighted by molar-refractivity contribution is -0.136. The van der Waals surface area contributed by atoms with E-state index in [0.29, 0.717) is 56.5 Å². The third-order valence-corrected chi connectivity index (χ3v) is 12.4. The topological polar surface area (TPSA) is 176 Å². The summed E-state index contributed by atoms with van der Waals surface area (Å²) in [5.74, 6) is -1.99. The average molecular weight is 879 g/mol. The van der Waals surface area contributed by atoms with Crippen molar-refractivity contribution in [1.29, 1.82) is 0 Å². The standard InChI is InChI=1S/C47H52F2N8O7/c1-28(2)56-21-23-64-43-33(48)24-31(25-36(43)56)42-34(49)27-51-47(54-42)52-38-15-13-30(26-50-38)29-17-19-55(20-18-29)40(59)12-7-5-3-4-6-8-22-63-37-11-9-10-32-41(37)46(62)57(45(32)61)35-14-16-39(58)53-44(35)60/h9-11,13,15,24-29,35H,3-8,12,14,16-23H2,1-2H3,(H,53,58,60)(H,50,51,52,54). The fraction of sp³-hybridized carbons (Fsp3) is 0.447. The van der Waals surface area contributed by atoms with Gasteiger partial charge in [0.2, 0.25) is 23.7 Å². The zero-order valence-electron chi connectivity index (χ0n) is 36.0. The maximum absolute atomic E-state index is 15.1. The molecule has 64 heavy (non-hydrogen) atoms. The van der Waals surface area contributed by atoms with Crippen LogP contribution in [0.4, 0.5) is 26.2 Å². The summed E-state index contributed by atoms with van der Waals surface area (Å²) in [6, 6.07) is 10.6. The van der Waals surface area contributed by atoms with E-state index >= 15 is 8.78 Å². The number of benzene rings is 2. The molecule has 0 aliphatic carbocycles. The van der Waals surface area contributed by atoms with E-state index in [1.54, 1.807) is 30.5 Å². The maximum Gasteiger partial charge on any atom is 0.266 e. The molecule has 2 N–H and O–H groups in total. The van der Waals surface area contributed by atoms with Gasteiger partial charge in [-0.3, -0.25) is 34.2 Å². The van der Waals surface area contributed by atoms with Crippen LogP contribution in [0.5, 0.6) is 11.5 Å². The molecular weight excluding hydrogens is 827 g/mol. The van der Waals surface area contributed by atoms with E-state index < -0.39 is 41.3 Å². The number of amides is 5. The molecule has 2 saturated heterocycles. The van der Waals surface area contributed by atoms with Crippen molar-refractivity contribution in [3.63, 3.8) is 0 Å². The molecule has 15 nitrogen and oxygen atoms in total. The molecule has 4 aliphatic heterocycles. The van der Waals surface area contributed by atoms with Crippen molar-refractivity contribution < 1.29 is 42.2 Å². The number of halogens is 2. The van der Waals surface area contributed by atoms with Crippen molar-refractivity contribution in [2.75, 3.05) is 43.1 Å². The second-order valence-corrected chi connectivity index (χ2v) is 16.9. The van der Waals surface area contributed by atoms with Gasteiger partial charge in [-0.15, -0.1) is 0 Å². The number of hydrogen-bond donors (Lipinski definition) is 2. The van der Waals surface area contributed by atoms with Crippen molar-refractivity contribution in [3.05, 3.63) is 83.2 Å². The number of fused-ring (bicyclic) bond motifs is 2. The molecule has 17 heteroatoms. The maximum atomic E-state index is 15.1. The summed E-state index contributed by atoms with van der Waals surface area (Å²) in [4.78, 5) is 81.3. The number of nitrogens with zero attached hydrogens (tertiary/aromatic N) is 6. The number of ether oxygens (including phenoxy) is 2. The Kier molecular flexibility index (Phi) is 13.4. The molecule has 4 aliphatic rings. The Bertz CT molecular complexity index is 2420. The number of carbonyl (C=O) groups is 5. The highest BCUT2D eigenvalue weighted by Crippen LogP contribution is 2.40. The lowest BCUT2D eigenvalue weighted by Gasteiger charge is -2.34. The predicted molar refractivity (Wildman–Crippen MR) is 232 cm³/mol. The molecule has 1 atom stereocenters. The lowest BCUT2D eigenvalue weighted by atomic mass is 9.90. The Morgan fingerprint density at radius 3 is 2.44 bits per heavy atom. The van der Waals surface area contributed by atoms with E-state index in [1.807, 2.05) is 35.8 Å². The molecule has 5 amide bonds. The van der Waals surface area contributed by atoms with Crippen molar-refractivity contribution in [3.8, 4) is 22.8 Å². The number of anilines is 3. The number of imide groups is 2. The van der Waals surface area contributed by atoms with Gasteiger partial charge in [-0.25, -0.2) is 23.7 Å². The molecule has 2 aromatic carbocycles. The van der Waals surface area contributed by atoms with Crippen molar-refractivity contribution >= 4 is 47.0 Å². The van der Waals surface area contributed by atoms with E-state index in [9.17, 15) is 24.0 Å². The molecular formula is C47H52F2N8O7. The van der Waals surface area contributed by atoms with Crippen molar-refractivity contribution in [1.82, 2.24) is 30.1 Å². The minimum atomic E-state index is -1.03. The summed E-state index contributed by atoms with van der Waals surface area (Å²) < 4.78 is 41.7. The Morgan fingerprint density at radius 1 is 0.906 bits per heavy atom. The summed E-state index contributed by atoms with van der Waals surface area (Å²) in [6.45, 7) is 6.69. The molecule has 8 rings (SSSR count). The molecule has 2 fully saturated rings. The number of unbranched alkanes of at least 4 members (excludes halogenated alkanes) is 5. The summed E-state index contributed by atoms with van der Waals surface area (Å²) in [7, 11) is 0. The second kappa shape index (κ2) is 19.5. The van der Waals surface area contributed by atoms with Crippen LogP contribution in [-0.2, 0) is 14.4 Å². The Morgan fingerprint density at radius 2 is 1.69 bits per heavy atom. The van der Waals surface area contributed by atoms with E-state index in [1.165, 1.54) is 6.07 Å². The average Bonchev–Trinajstić information content (AvgIpc) is 3.55. The van der Waals surface area contributed by atoms with Crippen LogP contribution in [0.15, 0.2) is 54.9 Å². The van der Waals surface area contributed by atoms with Gasteiger partial charge < -0.3 is 24.6 Å². The number of nitrogens with one attached hydrogen (secondary N) is 2. The highest BCUT2D eigenvalue weighted by molar-refractivity contribution is 6.24. The first-order valence-electron chi connectivity index (χ1n) is 22.2. The number of aromatic nitrogens is 3. The van der Waals surface area contributed by atoms with Gasteiger partial charge in [-0.05, 0) is 87.8 Å². The number of rotatable bonds is 16. The Labute approximate surface area is 369 Å². The van der Waals surface area contributed by atoms with Crippen molar-refractivity contribution in [2.24, 2.45) is 0 Å². The smallest absolute Gasteiger partial charge is 0.266 e. The van der Waals surface area contributed by atoms with Gasteiger partial charge in [0.05, 0.1) is 36.2 Å². The van der Waals surface area contributed by atoms with Crippen LogP contribution in [0.25, 0.3) is 11.3 Å². The fourth-order valence-corrected chi connectivity index (χ4v) is 8.93. The van der Waals surface area contributed by atoms with Gasteiger partial charge in [0, 0.05) is 43.7 Å². The quantitative estimate of drug-likeness (QED) is 0.0865. The Balaban J connectivity index is 0.728. The van der Waals surface area contributed by atoms with Crippen LogP contribution in [0.1, 0.15) is 117 Å². The van der Waals surface area contributed by atoms with E-state index in [2.05, 4.69) is 25.6 Å². The first-order chi connectivity index (χ1) is 31.0. The summed E-state index contributed by atoms with van der Waals surface area (Å²) in [6.07, 6.45) is 10.6. The zero-order chi connectivity index (χ0) is 44.9. The zero-order valence-corrected chi connectivity index (χ0v) is 36.0. The van der Waals surface area contributed by atoms with Gasteiger partial charge in [0.1, 0.15) is 29.9 Å². The second-order valence-electron chi connectivity index (χ2n) is 16.9. The molecule has 4 aromatic rings. The van der Waals surface area contributed by atoms with E-state index in [4.69, 9.17) is 9.47 Å². The molecule has 0 spiro atoms. The van der Waals surface area contributed by atoms with Gasteiger partial charge >= 0.3 is 0 Å². The number of piperidine rings is 2. The van der Waals surface area contributed by atoms with Crippen LogP contribution in [0.3, 0.4) is 0 Å². The molecule has 0 bridgehead atoms. The van der Waals surface area contributed by atoms with Crippen LogP contribution in [0, 0.1) is 11.6 Å². The van der Waals surface area contributed by atoms with Gasteiger partial charge in [-0.1, -0.05) is 37.8 Å². The molecule has 0 saturated carbocycles. The largest absolute Gasteiger partial charge is 0.493 e. The first kappa shape index (κ1) is 44.1. The van der Waals surface area contributed by atoms with E-state index in [-0.39, 0.29) is 64.8 Å². The third kappa shape index (κ3) is 9.53. The van der Waals surface area contributed by atoms with Gasteiger partial charge in [0.15, 0.2) is 17.4 Å². The predicted octanol–water partition coefficient (Wildman–Crippen LogP) is 7.08. The highest BCUT2D eigenvalue weighted by Gasteiger charge is 2.46. The summed E-state index contributed by atoms with van der Waals surface area (Å²) in [5, 5.41) is 5.25. The first-order valence-corrected chi connectivity index (χ1v) is 22.2. The monoisotopic (exact) mass is 878 g/mol. The minimum Gasteiger partial charge on any atom is -0.493 e. The fourth-order valence-electron chi connectivity index (χ4n) is 8.93. The Hall–Kier alpha value is -6.52. The van der Waals surface area contributed by atoms with Crippen molar-refractivity contribution in [2.45, 2.75) is 102 Å².